The molecule has 0 heterocycles. The molecule has 0 aliphatic rings. The van der Waals surface area contributed by atoms with Gasteiger partial charge in [0.15, 0.2) is 5.11 Å². The minimum atomic E-state index is 0.533. The molecule has 0 unspecified atom stereocenters. The zero-order chi connectivity index (χ0) is 15.8. The van der Waals surface area contributed by atoms with E-state index in [9.17, 15) is 0 Å². The van der Waals surface area contributed by atoms with Crippen LogP contribution in [0.5, 0.6) is 0 Å². The van der Waals surface area contributed by atoms with Crippen LogP contribution in [-0.4, -0.2) is 17.4 Å². The van der Waals surface area contributed by atoms with Gasteiger partial charge in [-0.25, -0.2) is 0 Å². The molecule has 0 radical (unpaired) electrons. The molecule has 0 amide bonds. The fourth-order valence-electron chi connectivity index (χ4n) is 1.92. The van der Waals surface area contributed by atoms with Crippen molar-refractivity contribution in [3.05, 3.63) is 70.2 Å². The van der Waals surface area contributed by atoms with Crippen LogP contribution in [0.15, 0.2) is 64.2 Å². The lowest BCUT2D eigenvalue weighted by atomic mass is 10.1. The second-order valence-corrected chi connectivity index (χ2v) is 6.13. The monoisotopic (exact) mass is 375 g/mol. The molecule has 0 saturated carbocycles. The first kappa shape index (κ1) is 16.6. The van der Waals surface area contributed by atoms with Crippen molar-refractivity contribution < 1.29 is 0 Å². The van der Waals surface area contributed by atoms with Crippen LogP contribution in [-0.2, 0) is 6.42 Å². The summed E-state index contributed by atoms with van der Waals surface area (Å²) in [6, 6.07) is 18.3. The van der Waals surface area contributed by atoms with Crippen molar-refractivity contribution in [1.82, 2.24) is 10.7 Å². The molecule has 0 saturated heterocycles. The van der Waals surface area contributed by atoms with Crippen molar-refractivity contribution in [3.8, 4) is 0 Å². The molecule has 2 rings (SSSR count). The van der Waals surface area contributed by atoms with Gasteiger partial charge >= 0.3 is 0 Å². The number of hydrogen-bond donors (Lipinski definition) is 2. The number of hydrogen-bond acceptors (Lipinski definition) is 2. The number of nitrogens with one attached hydrogen (secondary N) is 2. The minimum absolute atomic E-state index is 0.533. The van der Waals surface area contributed by atoms with Gasteiger partial charge in [-0.1, -0.05) is 58.4 Å². The lowest BCUT2D eigenvalue weighted by molar-refractivity contribution is 0.836. The number of benzene rings is 2. The first-order valence-corrected chi connectivity index (χ1v) is 8.23. The smallest absolute Gasteiger partial charge is 0.186 e. The molecule has 22 heavy (non-hydrogen) atoms. The van der Waals surface area contributed by atoms with E-state index in [1.807, 2.05) is 49.4 Å². The Morgan fingerprint density at radius 2 is 1.91 bits per heavy atom. The second-order valence-electron chi connectivity index (χ2n) is 4.81. The predicted octanol–water partition coefficient (Wildman–Crippen LogP) is 3.88. The summed E-state index contributed by atoms with van der Waals surface area (Å²) in [5.41, 5.74) is 6.10. The van der Waals surface area contributed by atoms with Crippen LogP contribution in [0.1, 0.15) is 18.1 Å². The van der Waals surface area contributed by atoms with Crippen LogP contribution in [0, 0.1) is 0 Å². The summed E-state index contributed by atoms with van der Waals surface area (Å²) in [6.45, 7) is 2.72. The fourth-order valence-corrected chi connectivity index (χ4v) is 2.46. The Morgan fingerprint density at radius 1 is 1.14 bits per heavy atom. The summed E-state index contributed by atoms with van der Waals surface area (Å²) < 4.78 is 1.03. The first-order chi connectivity index (χ1) is 10.6. The van der Waals surface area contributed by atoms with E-state index >= 15 is 0 Å². The van der Waals surface area contributed by atoms with Gasteiger partial charge < -0.3 is 5.32 Å². The molecular weight excluding hydrogens is 358 g/mol. The van der Waals surface area contributed by atoms with Crippen molar-refractivity contribution in [3.63, 3.8) is 0 Å². The largest absolute Gasteiger partial charge is 0.361 e. The zero-order valence-corrected chi connectivity index (χ0v) is 14.7. The lowest BCUT2D eigenvalue weighted by Gasteiger charge is -2.08. The second kappa shape index (κ2) is 8.66. The average Bonchev–Trinajstić information content (AvgIpc) is 2.53. The molecule has 114 valence electrons. The molecule has 0 aliphatic heterocycles. The summed E-state index contributed by atoms with van der Waals surface area (Å²) >= 11 is 8.68. The third kappa shape index (κ3) is 5.58. The van der Waals surface area contributed by atoms with Crippen molar-refractivity contribution in [1.29, 1.82) is 0 Å². The molecule has 0 aliphatic carbocycles. The maximum Gasteiger partial charge on any atom is 0.186 e. The van der Waals surface area contributed by atoms with Gasteiger partial charge in [0.2, 0.25) is 0 Å². The quantitative estimate of drug-likeness (QED) is 0.472. The topological polar surface area (TPSA) is 36.4 Å². The third-order valence-corrected chi connectivity index (χ3v) is 3.84. The van der Waals surface area contributed by atoms with Gasteiger partial charge in [-0.05, 0) is 48.8 Å². The molecule has 2 N–H and O–H groups in total. The highest BCUT2D eigenvalue weighted by Crippen LogP contribution is 2.12. The van der Waals surface area contributed by atoms with Gasteiger partial charge in [0.25, 0.3) is 0 Å². The summed E-state index contributed by atoms with van der Waals surface area (Å²) in [7, 11) is 0. The standard InChI is InChI=1S/C17H18BrN3S/c1-13(15-8-5-9-16(18)12-15)20-21-17(22)19-11-10-14-6-3-2-4-7-14/h2-9,12H,10-11H2,1H3,(H2,19,21,22). The van der Waals surface area contributed by atoms with Crippen LogP contribution in [0.2, 0.25) is 0 Å². The Morgan fingerprint density at radius 3 is 2.64 bits per heavy atom. The normalized spacial score (nSPS) is 11.1. The summed E-state index contributed by atoms with van der Waals surface area (Å²) in [5.74, 6) is 0. The van der Waals surface area contributed by atoms with Crippen LogP contribution >= 0.6 is 28.1 Å². The molecule has 2 aromatic carbocycles. The van der Waals surface area contributed by atoms with Crippen LogP contribution < -0.4 is 10.7 Å². The van der Waals surface area contributed by atoms with E-state index in [2.05, 4.69) is 43.9 Å². The van der Waals surface area contributed by atoms with Crippen LogP contribution in [0.3, 0.4) is 0 Å². The van der Waals surface area contributed by atoms with E-state index in [1.54, 1.807) is 0 Å². The molecule has 0 aromatic heterocycles. The summed E-state index contributed by atoms with van der Waals surface area (Å²) in [6.07, 6.45) is 0.928. The van der Waals surface area contributed by atoms with Crippen molar-refractivity contribution >= 4 is 39.0 Å². The first-order valence-electron chi connectivity index (χ1n) is 7.03. The summed E-state index contributed by atoms with van der Waals surface area (Å²) in [5, 5.41) is 7.99. The lowest BCUT2D eigenvalue weighted by Crippen LogP contribution is -2.33. The predicted molar refractivity (Wildman–Crippen MR) is 100 cm³/mol. The Bertz CT molecular complexity index is 656. The average molecular weight is 376 g/mol. The fraction of sp³-hybridized carbons (Fsp3) is 0.176. The van der Waals surface area contributed by atoms with Gasteiger partial charge in [0, 0.05) is 11.0 Å². The van der Waals surface area contributed by atoms with Gasteiger partial charge in [-0.3, -0.25) is 5.43 Å². The molecule has 5 heteroatoms. The molecule has 0 atom stereocenters. The molecule has 0 bridgehead atoms. The number of rotatable bonds is 5. The molecular formula is C17H18BrN3S. The zero-order valence-electron chi connectivity index (χ0n) is 12.3. The molecule has 3 nitrogen and oxygen atoms in total. The number of nitrogens with zero attached hydrogens (tertiary/aromatic N) is 1. The van der Waals surface area contributed by atoms with Gasteiger partial charge in [0.1, 0.15) is 0 Å². The van der Waals surface area contributed by atoms with E-state index in [4.69, 9.17) is 12.2 Å². The van der Waals surface area contributed by atoms with E-state index < -0.39 is 0 Å². The minimum Gasteiger partial charge on any atom is -0.361 e. The highest BCUT2D eigenvalue weighted by Gasteiger charge is 1.99. The van der Waals surface area contributed by atoms with Crippen molar-refractivity contribution in [2.45, 2.75) is 13.3 Å². The SMILES string of the molecule is CC(=NNC(=S)NCCc1ccccc1)c1cccc(Br)c1. The number of thiocarbonyl (C=S) groups is 1. The van der Waals surface area contributed by atoms with Gasteiger partial charge in [0.05, 0.1) is 5.71 Å². The highest BCUT2D eigenvalue weighted by atomic mass is 79.9. The van der Waals surface area contributed by atoms with E-state index in [0.29, 0.717) is 5.11 Å². The van der Waals surface area contributed by atoms with Crippen LogP contribution in [0.25, 0.3) is 0 Å². The maximum absolute atomic E-state index is 5.22. The third-order valence-electron chi connectivity index (χ3n) is 3.11. The highest BCUT2D eigenvalue weighted by molar-refractivity contribution is 9.10. The Labute approximate surface area is 145 Å². The maximum atomic E-state index is 5.22. The molecule has 2 aromatic rings. The van der Waals surface area contributed by atoms with Crippen molar-refractivity contribution in [2.24, 2.45) is 5.10 Å². The van der Waals surface area contributed by atoms with Gasteiger partial charge in [-0.15, -0.1) is 0 Å². The Kier molecular flexibility index (Phi) is 6.55. The Hall–Kier alpha value is -1.72. The van der Waals surface area contributed by atoms with E-state index in [-0.39, 0.29) is 0 Å². The van der Waals surface area contributed by atoms with E-state index in [0.717, 1.165) is 28.7 Å². The molecule has 0 fully saturated rings. The summed E-state index contributed by atoms with van der Waals surface area (Å²) in [4.78, 5) is 0. The Balaban J connectivity index is 1.78. The van der Waals surface area contributed by atoms with E-state index in [1.165, 1.54) is 5.56 Å². The van der Waals surface area contributed by atoms with Gasteiger partial charge in [-0.2, -0.15) is 5.10 Å². The van der Waals surface area contributed by atoms with Crippen molar-refractivity contribution in [2.75, 3.05) is 6.54 Å². The van der Waals surface area contributed by atoms with Crippen LogP contribution in [0.4, 0.5) is 0 Å². The number of hydrazone groups is 1. The number of halogens is 1. The molecule has 0 spiro atoms.